The number of halogens is 1. The summed E-state index contributed by atoms with van der Waals surface area (Å²) in [6, 6.07) is 9.43. The van der Waals surface area contributed by atoms with E-state index in [1.54, 1.807) is 35.6 Å². The highest BCUT2D eigenvalue weighted by Gasteiger charge is 2.22. The molecule has 26 heavy (non-hydrogen) atoms. The zero-order valence-electron chi connectivity index (χ0n) is 14.8. The summed E-state index contributed by atoms with van der Waals surface area (Å²) >= 11 is 7.56. The summed E-state index contributed by atoms with van der Waals surface area (Å²) in [7, 11) is 0. The van der Waals surface area contributed by atoms with E-state index in [-0.39, 0.29) is 18.6 Å². The molecule has 1 fully saturated rings. The number of hydrogen-bond acceptors (Lipinski definition) is 4. The van der Waals surface area contributed by atoms with Crippen molar-refractivity contribution in [2.45, 2.75) is 31.7 Å². The first-order valence-electron chi connectivity index (χ1n) is 9.13. The Morgan fingerprint density at radius 1 is 1.15 bits per heavy atom. The van der Waals surface area contributed by atoms with E-state index in [4.69, 9.17) is 16.3 Å². The van der Waals surface area contributed by atoms with E-state index in [9.17, 15) is 4.79 Å². The fourth-order valence-corrected chi connectivity index (χ4v) is 4.10. The van der Waals surface area contributed by atoms with Gasteiger partial charge in [-0.05, 0) is 72.6 Å². The number of rotatable bonds is 7. The van der Waals surface area contributed by atoms with Crippen molar-refractivity contribution in [3.8, 4) is 5.75 Å². The minimum absolute atomic E-state index is 0.0119. The molecular weight excluding hydrogens is 368 g/mol. The van der Waals surface area contributed by atoms with Gasteiger partial charge in [-0.25, -0.2) is 0 Å². The second-order valence-electron chi connectivity index (χ2n) is 6.57. The first kappa shape index (κ1) is 19.2. The van der Waals surface area contributed by atoms with Crippen LogP contribution in [0.15, 0.2) is 41.1 Å². The average Bonchev–Trinajstić information content (AvgIpc) is 3.04. The molecule has 1 atom stereocenters. The Morgan fingerprint density at radius 3 is 2.54 bits per heavy atom. The second kappa shape index (κ2) is 9.95. The molecule has 140 valence electrons. The Balaban J connectivity index is 1.53. The molecule has 0 radical (unpaired) electrons. The smallest absolute Gasteiger partial charge is 0.258 e. The van der Waals surface area contributed by atoms with E-state index in [0.29, 0.717) is 17.3 Å². The first-order chi connectivity index (χ1) is 12.7. The Hall–Kier alpha value is -1.56. The molecular formula is C20H25ClN2O2S. The third-order valence-electron chi connectivity index (χ3n) is 4.69. The van der Waals surface area contributed by atoms with Gasteiger partial charge in [-0.1, -0.05) is 24.4 Å². The summed E-state index contributed by atoms with van der Waals surface area (Å²) in [6.07, 6.45) is 5.06. The zero-order valence-corrected chi connectivity index (χ0v) is 16.4. The van der Waals surface area contributed by atoms with Gasteiger partial charge in [0.2, 0.25) is 0 Å². The van der Waals surface area contributed by atoms with Crippen molar-refractivity contribution >= 4 is 28.8 Å². The number of nitrogens with one attached hydrogen (secondary N) is 1. The van der Waals surface area contributed by atoms with Crippen LogP contribution in [0.25, 0.3) is 0 Å². The van der Waals surface area contributed by atoms with E-state index < -0.39 is 0 Å². The van der Waals surface area contributed by atoms with Crippen molar-refractivity contribution in [3.63, 3.8) is 0 Å². The summed E-state index contributed by atoms with van der Waals surface area (Å²) in [5, 5.41) is 7.98. The van der Waals surface area contributed by atoms with Crippen LogP contribution in [-0.2, 0) is 4.79 Å². The van der Waals surface area contributed by atoms with E-state index in [1.807, 2.05) is 0 Å². The van der Waals surface area contributed by atoms with E-state index in [0.717, 1.165) is 13.1 Å². The molecule has 0 saturated carbocycles. The molecule has 2 aromatic rings. The molecule has 1 amide bonds. The largest absolute Gasteiger partial charge is 0.484 e. The Bertz CT molecular complexity index is 668. The van der Waals surface area contributed by atoms with Crippen molar-refractivity contribution in [3.05, 3.63) is 51.7 Å². The fourth-order valence-electron chi connectivity index (χ4n) is 3.27. The lowest BCUT2D eigenvalue weighted by molar-refractivity contribution is -0.123. The third kappa shape index (κ3) is 5.73. The van der Waals surface area contributed by atoms with Crippen LogP contribution in [0.2, 0.25) is 5.02 Å². The lowest BCUT2D eigenvalue weighted by Crippen LogP contribution is -2.40. The summed E-state index contributed by atoms with van der Waals surface area (Å²) in [5.41, 5.74) is 1.29. The molecule has 0 aliphatic carbocycles. The van der Waals surface area contributed by atoms with Crippen molar-refractivity contribution in [2.75, 3.05) is 26.2 Å². The normalized spacial score (nSPS) is 16.7. The molecule has 0 spiro atoms. The molecule has 4 nitrogen and oxygen atoms in total. The summed E-state index contributed by atoms with van der Waals surface area (Å²) in [6.45, 7) is 2.81. The minimum Gasteiger partial charge on any atom is -0.484 e. The Kier molecular flexibility index (Phi) is 7.35. The monoisotopic (exact) mass is 392 g/mol. The van der Waals surface area contributed by atoms with Gasteiger partial charge in [0.1, 0.15) is 5.75 Å². The molecule has 6 heteroatoms. The number of benzene rings is 1. The van der Waals surface area contributed by atoms with Crippen LogP contribution >= 0.6 is 22.9 Å². The van der Waals surface area contributed by atoms with Crippen molar-refractivity contribution < 1.29 is 9.53 Å². The van der Waals surface area contributed by atoms with Crippen LogP contribution in [0.5, 0.6) is 5.75 Å². The number of carbonyl (C=O) groups excluding carboxylic acids is 1. The summed E-state index contributed by atoms with van der Waals surface area (Å²) < 4.78 is 5.53. The molecule has 1 aliphatic heterocycles. The second-order valence-corrected chi connectivity index (χ2v) is 7.79. The van der Waals surface area contributed by atoms with Crippen molar-refractivity contribution in [2.24, 2.45) is 0 Å². The molecule has 1 aliphatic rings. The van der Waals surface area contributed by atoms with Crippen molar-refractivity contribution in [1.82, 2.24) is 10.2 Å². The van der Waals surface area contributed by atoms with Gasteiger partial charge in [0.05, 0.1) is 6.04 Å². The average molecular weight is 393 g/mol. The van der Waals surface area contributed by atoms with Gasteiger partial charge in [-0.2, -0.15) is 11.3 Å². The number of carbonyl (C=O) groups is 1. The maximum absolute atomic E-state index is 12.2. The van der Waals surface area contributed by atoms with E-state index >= 15 is 0 Å². The maximum Gasteiger partial charge on any atom is 0.258 e. The zero-order chi connectivity index (χ0) is 18.2. The summed E-state index contributed by atoms with van der Waals surface area (Å²) in [4.78, 5) is 14.7. The molecule has 0 bridgehead atoms. The molecule has 3 rings (SSSR count). The lowest BCUT2D eigenvalue weighted by atomic mass is 10.1. The van der Waals surface area contributed by atoms with Crippen LogP contribution in [-0.4, -0.2) is 37.0 Å². The topological polar surface area (TPSA) is 41.6 Å². The number of amides is 1. The number of likely N-dealkylation sites (tertiary alicyclic amines) is 1. The molecule has 1 N–H and O–H groups in total. The number of hydrogen-bond donors (Lipinski definition) is 1. The van der Waals surface area contributed by atoms with E-state index in [2.05, 4.69) is 27.0 Å². The first-order valence-corrected chi connectivity index (χ1v) is 10.5. The van der Waals surface area contributed by atoms with Crippen LogP contribution in [0, 0.1) is 0 Å². The maximum atomic E-state index is 12.2. The Labute approximate surface area is 164 Å². The minimum atomic E-state index is -0.102. The van der Waals surface area contributed by atoms with Crippen molar-refractivity contribution in [1.29, 1.82) is 0 Å². The molecule has 0 unspecified atom stereocenters. The predicted octanol–water partition coefficient (Wildman–Crippen LogP) is 4.51. The quantitative estimate of drug-likeness (QED) is 0.753. The highest BCUT2D eigenvalue weighted by Crippen LogP contribution is 2.25. The van der Waals surface area contributed by atoms with Crippen LogP contribution in [0.4, 0.5) is 0 Å². The highest BCUT2D eigenvalue weighted by atomic mass is 35.5. The van der Waals surface area contributed by atoms with Gasteiger partial charge >= 0.3 is 0 Å². The SMILES string of the molecule is O=C(COc1ccc(Cl)cc1)NC[C@@H](c1ccsc1)N1CCCCCC1. The number of ether oxygens (including phenoxy) is 1. The lowest BCUT2D eigenvalue weighted by Gasteiger charge is -2.30. The van der Waals surface area contributed by atoms with Crippen LogP contribution in [0.1, 0.15) is 37.3 Å². The highest BCUT2D eigenvalue weighted by molar-refractivity contribution is 7.07. The van der Waals surface area contributed by atoms with Crippen LogP contribution < -0.4 is 10.1 Å². The van der Waals surface area contributed by atoms with Gasteiger partial charge in [0.15, 0.2) is 6.61 Å². The van der Waals surface area contributed by atoms with Gasteiger partial charge in [-0.15, -0.1) is 0 Å². The predicted molar refractivity (Wildman–Crippen MR) is 107 cm³/mol. The molecule has 1 aromatic heterocycles. The standard InChI is InChI=1S/C20H25ClN2O2S/c21-17-5-7-18(8-6-17)25-14-20(24)22-13-19(16-9-12-26-15-16)23-10-3-1-2-4-11-23/h5-9,12,15,19H,1-4,10-11,13-14H2,(H,22,24)/t19-/m0/s1. The molecule has 1 aromatic carbocycles. The fraction of sp³-hybridized carbons (Fsp3) is 0.450. The molecule has 1 saturated heterocycles. The number of nitrogens with zero attached hydrogens (tertiary/aromatic N) is 1. The third-order valence-corrected chi connectivity index (χ3v) is 5.64. The van der Waals surface area contributed by atoms with Gasteiger partial charge in [0, 0.05) is 11.6 Å². The Morgan fingerprint density at radius 2 is 1.88 bits per heavy atom. The van der Waals surface area contributed by atoms with Gasteiger partial charge in [-0.3, -0.25) is 9.69 Å². The summed E-state index contributed by atoms with van der Waals surface area (Å²) in [5.74, 6) is 0.543. The number of thiophene rings is 1. The van der Waals surface area contributed by atoms with E-state index in [1.165, 1.54) is 31.2 Å². The van der Waals surface area contributed by atoms with Gasteiger partial charge in [0.25, 0.3) is 5.91 Å². The van der Waals surface area contributed by atoms with Crippen LogP contribution in [0.3, 0.4) is 0 Å². The van der Waals surface area contributed by atoms with Gasteiger partial charge < -0.3 is 10.1 Å². The molecule has 2 heterocycles.